The number of ketones is 1. The molecule has 2 saturated heterocycles. The second kappa shape index (κ2) is 14.8. The molecule has 7 rings (SSSR count). The molecule has 3 aliphatic rings. The number of Topliss-reactive ketones (excluding diaryl/α,β-unsaturated/α-hetero) is 1. The summed E-state index contributed by atoms with van der Waals surface area (Å²) in [6.07, 6.45) is 6.55. The van der Waals surface area contributed by atoms with Gasteiger partial charge in [0.15, 0.2) is 28.7 Å². The van der Waals surface area contributed by atoms with Gasteiger partial charge in [-0.1, -0.05) is 22.4 Å². The molecule has 16 nitrogen and oxygen atoms in total. The highest BCUT2D eigenvalue weighted by Gasteiger charge is 2.54. The molecular weight excluding hydrogens is 718 g/mol. The maximum absolute atomic E-state index is 15.3. The van der Waals surface area contributed by atoms with E-state index < -0.39 is 34.8 Å². The molecule has 0 bridgehead atoms. The van der Waals surface area contributed by atoms with E-state index in [0.29, 0.717) is 48.5 Å². The Balaban J connectivity index is 1.04. The van der Waals surface area contributed by atoms with Crippen LogP contribution in [0.25, 0.3) is 5.65 Å². The van der Waals surface area contributed by atoms with E-state index in [4.69, 9.17) is 25.9 Å². The number of imidazole rings is 1. The first-order valence-electron chi connectivity index (χ1n) is 16.3. The number of fused-ring (bicyclic) bond motifs is 2. The SMILES string of the molecule is CO/N=C(\C(=O)C[C@@H]1C(=O)N2C(C(=O)O)=C(Cn3ccc4n3cc[n+]4Cc3ccc(C(N)=NOC4CCOCC4)cc3F)CS[C@H]12)c1csc(N)n1. The van der Waals surface area contributed by atoms with E-state index in [1.807, 2.05) is 19.8 Å². The highest BCUT2D eigenvalue weighted by molar-refractivity contribution is 8.00. The molecule has 19 heteroatoms. The third-order valence-corrected chi connectivity index (χ3v) is 11.1. The van der Waals surface area contributed by atoms with Gasteiger partial charge in [0.05, 0.1) is 43.3 Å². The number of nitrogen functional groups attached to an aromatic ring is 1. The lowest BCUT2D eigenvalue weighted by atomic mass is 9.89. The number of β-lactam (4-membered cyclic amide) rings is 1. The number of nitrogens with zero attached hydrogens (tertiary/aromatic N) is 7. The Kier molecular flexibility index (Phi) is 9.98. The minimum Gasteiger partial charge on any atom is -0.477 e. The zero-order valence-electron chi connectivity index (χ0n) is 27.9. The molecular formula is C33H35FN9O7S2+. The van der Waals surface area contributed by atoms with E-state index in [0.717, 1.165) is 17.0 Å². The van der Waals surface area contributed by atoms with Crippen molar-refractivity contribution in [1.29, 1.82) is 0 Å². The molecule has 3 aromatic heterocycles. The van der Waals surface area contributed by atoms with Gasteiger partial charge in [-0.15, -0.1) is 27.6 Å². The second-order valence-electron chi connectivity index (χ2n) is 12.3. The topological polar surface area (TPSA) is 205 Å². The molecule has 52 heavy (non-hydrogen) atoms. The predicted octanol–water partition coefficient (Wildman–Crippen LogP) is 1.95. The van der Waals surface area contributed by atoms with Crippen LogP contribution in [0.4, 0.5) is 9.52 Å². The quantitative estimate of drug-likeness (QED) is 0.0592. The van der Waals surface area contributed by atoms with Gasteiger partial charge in [-0.25, -0.2) is 23.4 Å². The number of amidine groups is 1. The van der Waals surface area contributed by atoms with Crippen LogP contribution in [0, 0.1) is 11.7 Å². The molecule has 4 aromatic rings. The van der Waals surface area contributed by atoms with Gasteiger partial charge in [0, 0.05) is 41.5 Å². The van der Waals surface area contributed by atoms with Crippen LogP contribution in [0.15, 0.2) is 69.8 Å². The number of halogens is 1. The van der Waals surface area contributed by atoms with Gasteiger partial charge in [0.2, 0.25) is 5.91 Å². The van der Waals surface area contributed by atoms with Gasteiger partial charge in [-0.05, 0) is 11.6 Å². The number of ether oxygens (including phenoxy) is 1. The molecule has 1 aromatic carbocycles. The average Bonchev–Trinajstić information content (AvgIpc) is 3.87. The molecule has 0 aliphatic carbocycles. The summed E-state index contributed by atoms with van der Waals surface area (Å²) in [5.41, 5.74) is 14.0. The Morgan fingerprint density at radius 2 is 2.02 bits per heavy atom. The van der Waals surface area contributed by atoms with Crippen LogP contribution in [0.2, 0.25) is 0 Å². The van der Waals surface area contributed by atoms with Crippen LogP contribution in [-0.2, 0) is 41.9 Å². The molecule has 6 heterocycles. The van der Waals surface area contributed by atoms with Crippen LogP contribution in [0.1, 0.15) is 36.1 Å². The Hall–Kier alpha value is -5.27. The molecule has 1 amide bonds. The van der Waals surface area contributed by atoms with Gasteiger partial charge in [-0.2, -0.15) is 0 Å². The second-order valence-corrected chi connectivity index (χ2v) is 14.3. The summed E-state index contributed by atoms with van der Waals surface area (Å²) in [4.78, 5) is 54.8. The van der Waals surface area contributed by atoms with Crippen LogP contribution < -0.4 is 16.0 Å². The maximum atomic E-state index is 15.3. The van der Waals surface area contributed by atoms with Gasteiger partial charge < -0.3 is 31.0 Å². The van der Waals surface area contributed by atoms with Crippen molar-refractivity contribution >= 4 is 63.1 Å². The number of thiazole rings is 1. The van der Waals surface area contributed by atoms with E-state index in [-0.39, 0.29) is 53.7 Å². The Labute approximate surface area is 304 Å². The molecule has 3 aliphatic heterocycles. The fourth-order valence-corrected chi connectivity index (χ4v) is 8.40. The Morgan fingerprint density at radius 3 is 2.73 bits per heavy atom. The minimum atomic E-state index is -1.23. The Bertz CT molecular complexity index is 2140. The van der Waals surface area contributed by atoms with Crippen molar-refractivity contribution in [2.75, 3.05) is 31.8 Å². The molecule has 0 spiro atoms. The van der Waals surface area contributed by atoms with Crippen molar-refractivity contribution < 1.29 is 42.9 Å². The normalized spacial score (nSPS) is 19.9. The number of thioether (sulfide) groups is 1. The zero-order valence-corrected chi connectivity index (χ0v) is 29.5. The monoisotopic (exact) mass is 752 g/mol. The number of oxime groups is 2. The van der Waals surface area contributed by atoms with E-state index in [9.17, 15) is 19.5 Å². The predicted molar refractivity (Wildman–Crippen MR) is 188 cm³/mol. The number of benzene rings is 1. The Morgan fingerprint density at radius 1 is 1.21 bits per heavy atom. The lowest BCUT2D eigenvalue weighted by Crippen LogP contribution is -2.62. The number of aromatic nitrogens is 4. The summed E-state index contributed by atoms with van der Waals surface area (Å²) in [7, 11) is 1.30. The number of carboxylic acids is 1. The number of aliphatic carboxylic acids is 1. The lowest BCUT2D eigenvalue weighted by molar-refractivity contribution is -0.662. The average molecular weight is 753 g/mol. The summed E-state index contributed by atoms with van der Waals surface area (Å²) in [6.45, 7) is 1.60. The molecule has 0 radical (unpaired) electrons. The van der Waals surface area contributed by atoms with Gasteiger partial charge in [0.1, 0.15) is 43.2 Å². The van der Waals surface area contributed by atoms with Crippen molar-refractivity contribution in [2.45, 2.75) is 43.8 Å². The van der Waals surface area contributed by atoms with Crippen molar-refractivity contribution in [3.05, 3.63) is 82.1 Å². The van der Waals surface area contributed by atoms with Gasteiger partial charge in [-0.3, -0.25) is 14.5 Å². The van der Waals surface area contributed by atoms with E-state index in [1.165, 1.54) is 29.8 Å². The summed E-state index contributed by atoms with van der Waals surface area (Å²) in [5.74, 6) is -2.93. The summed E-state index contributed by atoms with van der Waals surface area (Å²) < 4.78 is 26.1. The molecule has 2 fully saturated rings. The number of rotatable bonds is 13. The van der Waals surface area contributed by atoms with Crippen molar-refractivity contribution in [3.8, 4) is 0 Å². The van der Waals surface area contributed by atoms with Crippen LogP contribution in [-0.4, -0.2) is 90.9 Å². The molecule has 272 valence electrons. The highest BCUT2D eigenvalue weighted by atomic mass is 32.2. The van der Waals surface area contributed by atoms with E-state index >= 15 is 4.39 Å². The third kappa shape index (κ3) is 6.85. The van der Waals surface area contributed by atoms with Gasteiger partial charge >= 0.3 is 11.6 Å². The smallest absolute Gasteiger partial charge is 0.352 e. The van der Waals surface area contributed by atoms with Crippen LogP contribution >= 0.6 is 23.1 Å². The van der Waals surface area contributed by atoms with Crippen molar-refractivity contribution in [2.24, 2.45) is 22.0 Å². The van der Waals surface area contributed by atoms with Gasteiger partial charge in [0.25, 0.3) is 0 Å². The van der Waals surface area contributed by atoms with E-state index in [2.05, 4.69) is 15.3 Å². The number of hydrogen-bond donors (Lipinski definition) is 3. The van der Waals surface area contributed by atoms with Crippen LogP contribution in [0.3, 0.4) is 0 Å². The zero-order chi connectivity index (χ0) is 36.5. The summed E-state index contributed by atoms with van der Waals surface area (Å²) in [6, 6.07) is 6.52. The highest BCUT2D eigenvalue weighted by Crippen LogP contribution is 2.45. The molecule has 2 atom stereocenters. The largest absolute Gasteiger partial charge is 0.477 e. The number of carbonyl (C=O) groups is 3. The minimum absolute atomic E-state index is 0.0524. The fraction of sp³-hybridized carbons (Fsp3) is 0.364. The molecule has 0 saturated carbocycles. The van der Waals surface area contributed by atoms with Crippen molar-refractivity contribution in [3.63, 3.8) is 0 Å². The maximum Gasteiger partial charge on any atom is 0.352 e. The first kappa shape index (κ1) is 35.1. The third-order valence-electron chi connectivity index (χ3n) is 9.08. The number of carboxylic acid groups (broad SMARTS) is 1. The first-order valence-corrected chi connectivity index (χ1v) is 18.2. The number of hydrogen-bond acceptors (Lipinski definition) is 12. The molecule has 0 unspecified atom stereocenters. The summed E-state index contributed by atoms with van der Waals surface area (Å²) in [5, 5.41) is 19.3. The molecule has 5 N–H and O–H groups in total. The first-order chi connectivity index (χ1) is 25.1. The van der Waals surface area contributed by atoms with E-state index in [1.54, 1.807) is 36.1 Å². The number of anilines is 1. The summed E-state index contributed by atoms with van der Waals surface area (Å²) >= 11 is 2.54. The number of carbonyl (C=O) groups excluding carboxylic acids is 2. The number of nitrogens with two attached hydrogens (primary N) is 2. The van der Waals surface area contributed by atoms with Crippen molar-refractivity contribution in [1.82, 2.24) is 19.1 Å². The fourth-order valence-electron chi connectivity index (χ4n) is 6.45. The number of amides is 1. The lowest BCUT2D eigenvalue weighted by Gasteiger charge is -2.49. The standard InChI is InChI=1S/C33H34FN9O7S2/c1-48-38-27(24-17-52-33(36)37-24)25(44)13-22-30(45)43-28(32(46)47)20(16-51-31(22)43)15-41-7-4-26-40(8-9-42(26)41)14-19-3-2-18(12-23(19)34)29(35)39-50-21-5-10-49-11-6-21/h2-4,7-9,12,17,21-22,31H,5-6,10-11,13-16H2,1H3,(H4-,35,36,37,39,46,47)/p+1/b38-27-/t22-,31-/m1/s1. The van der Waals surface area contributed by atoms with Crippen LogP contribution in [0.5, 0.6) is 0 Å².